The summed E-state index contributed by atoms with van der Waals surface area (Å²) < 4.78 is 4.92. The van der Waals surface area contributed by atoms with Gasteiger partial charge in [-0.1, -0.05) is 19.0 Å². The van der Waals surface area contributed by atoms with E-state index < -0.39 is 6.10 Å². The van der Waals surface area contributed by atoms with Crippen LogP contribution >= 0.6 is 0 Å². The first kappa shape index (κ1) is 9.19. The second kappa shape index (κ2) is 3.67. The summed E-state index contributed by atoms with van der Waals surface area (Å²) in [5.74, 6) is 1.48. The van der Waals surface area contributed by atoms with Gasteiger partial charge in [-0.25, -0.2) is 0 Å². The van der Waals surface area contributed by atoms with E-state index in [0.717, 1.165) is 0 Å². The third-order valence-corrected chi connectivity index (χ3v) is 1.47. The van der Waals surface area contributed by atoms with Gasteiger partial charge in [0, 0.05) is 5.92 Å². The van der Waals surface area contributed by atoms with Crippen molar-refractivity contribution in [3.8, 4) is 0 Å². The van der Waals surface area contributed by atoms with Crippen molar-refractivity contribution in [2.24, 2.45) is 0 Å². The Morgan fingerprint density at radius 3 is 2.50 bits per heavy atom. The fraction of sp³-hybridized carbons (Fsp3) is 0.750. The molecule has 0 aromatic carbocycles. The van der Waals surface area contributed by atoms with E-state index in [9.17, 15) is 0 Å². The standard InChI is InChI=1S/C8H14N2O2/c1-5(2)8-9-7(12-10-8)4-6(3)11/h5-6,11H,4H2,1-3H3. The topological polar surface area (TPSA) is 59.2 Å². The molecule has 1 aromatic heterocycles. The fourth-order valence-electron chi connectivity index (χ4n) is 0.838. The van der Waals surface area contributed by atoms with E-state index in [2.05, 4.69) is 10.1 Å². The SMILES string of the molecule is CC(O)Cc1nc(C(C)C)no1. The summed E-state index contributed by atoms with van der Waals surface area (Å²) in [7, 11) is 0. The summed E-state index contributed by atoms with van der Waals surface area (Å²) in [5, 5.41) is 12.8. The zero-order chi connectivity index (χ0) is 9.14. The van der Waals surface area contributed by atoms with Gasteiger partial charge in [-0.15, -0.1) is 0 Å². The highest BCUT2D eigenvalue weighted by atomic mass is 16.5. The van der Waals surface area contributed by atoms with Crippen molar-refractivity contribution in [3.63, 3.8) is 0 Å². The Kier molecular flexibility index (Phi) is 2.81. The molecule has 0 aliphatic carbocycles. The first-order valence-corrected chi connectivity index (χ1v) is 4.10. The maximum atomic E-state index is 9.03. The molecule has 0 saturated carbocycles. The third-order valence-electron chi connectivity index (χ3n) is 1.47. The van der Waals surface area contributed by atoms with Crippen LogP contribution in [0.15, 0.2) is 4.52 Å². The van der Waals surface area contributed by atoms with Gasteiger partial charge in [-0.3, -0.25) is 0 Å². The van der Waals surface area contributed by atoms with E-state index in [-0.39, 0.29) is 5.92 Å². The van der Waals surface area contributed by atoms with Crippen molar-refractivity contribution in [2.75, 3.05) is 0 Å². The van der Waals surface area contributed by atoms with Crippen LogP contribution in [-0.4, -0.2) is 21.4 Å². The van der Waals surface area contributed by atoms with Crippen LogP contribution in [0.25, 0.3) is 0 Å². The van der Waals surface area contributed by atoms with E-state index in [0.29, 0.717) is 18.1 Å². The van der Waals surface area contributed by atoms with Crippen molar-refractivity contribution < 1.29 is 9.63 Å². The Morgan fingerprint density at radius 2 is 2.08 bits per heavy atom. The Labute approximate surface area is 71.6 Å². The molecule has 1 atom stereocenters. The Hall–Kier alpha value is -0.900. The summed E-state index contributed by atoms with van der Waals surface area (Å²) in [6.45, 7) is 5.69. The van der Waals surface area contributed by atoms with E-state index in [4.69, 9.17) is 9.63 Å². The average molecular weight is 170 g/mol. The van der Waals surface area contributed by atoms with Crippen LogP contribution in [-0.2, 0) is 6.42 Å². The van der Waals surface area contributed by atoms with E-state index in [1.54, 1.807) is 6.92 Å². The first-order chi connectivity index (χ1) is 5.59. The number of nitrogens with zero attached hydrogens (tertiary/aromatic N) is 2. The zero-order valence-corrected chi connectivity index (χ0v) is 7.61. The number of aliphatic hydroxyl groups excluding tert-OH is 1. The third kappa shape index (κ3) is 2.30. The molecule has 0 spiro atoms. The molecule has 4 heteroatoms. The van der Waals surface area contributed by atoms with Gasteiger partial charge in [-0.05, 0) is 6.92 Å². The zero-order valence-electron chi connectivity index (χ0n) is 7.61. The van der Waals surface area contributed by atoms with Gasteiger partial charge in [-0.2, -0.15) is 4.98 Å². The highest BCUT2D eigenvalue weighted by Crippen LogP contribution is 2.10. The van der Waals surface area contributed by atoms with Crippen molar-refractivity contribution in [2.45, 2.75) is 39.2 Å². The molecule has 1 N–H and O–H groups in total. The van der Waals surface area contributed by atoms with Crippen LogP contribution in [0.2, 0.25) is 0 Å². The Balaban J connectivity index is 2.64. The summed E-state index contributed by atoms with van der Waals surface area (Å²) in [6, 6.07) is 0. The van der Waals surface area contributed by atoms with Gasteiger partial charge in [0.25, 0.3) is 0 Å². The fourth-order valence-corrected chi connectivity index (χ4v) is 0.838. The maximum absolute atomic E-state index is 9.03. The lowest BCUT2D eigenvalue weighted by Crippen LogP contribution is -2.04. The molecule has 0 amide bonds. The largest absolute Gasteiger partial charge is 0.393 e. The van der Waals surface area contributed by atoms with Crippen LogP contribution in [0.1, 0.15) is 38.4 Å². The van der Waals surface area contributed by atoms with Gasteiger partial charge >= 0.3 is 0 Å². The summed E-state index contributed by atoms with van der Waals surface area (Å²) in [4.78, 5) is 4.11. The van der Waals surface area contributed by atoms with Crippen LogP contribution in [0.5, 0.6) is 0 Å². The molecular formula is C8H14N2O2. The minimum atomic E-state index is -0.425. The number of hydrogen-bond acceptors (Lipinski definition) is 4. The number of aromatic nitrogens is 2. The van der Waals surface area contributed by atoms with Gasteiger partial charge in [0.1, 0.15) is 0 Å². The molecule has 1 heterocycles. The summed E-state index contributed by atoms with van der Waals surface area (Å²) >= 11 is 0. The summed E-state index contributed by atoms with van der Waals surface area (Å²) in [5.41, 5.74) is 0. The molecular weight excluding hydrogens is 156 g/mol. The number of rotatable bonds is 3. The molecule has 0 radical (unpaired) electrons. The summed E-state index contributed by atoms with van der Waals surface area (Å²) in [6.07, 6.45) is 0.00478. The maximum Gasteiger partial charge on any atom is 0.229 e. The van der Waals surface area contributed by atoms with Crippen LogP contribution in [0, 0.1) is 0 Å². The van der Waals surface area contributed by atoms with Gasteiger partial charge in [0.05, 0.1) is 12.5 Å². The molecule has 12 heavy (non-hydrogen) atoms. The van der Waals surface area contributed by atoms with Gasteiger partial charge < -0.3 is 9.63 Å². The van der Waals surface area contributed by atoms with E-state index in [1.165, 1.54) is 0 Å². The molecule has 0 saturated heterocycles. The monoisotopic (exact) mass is 170 g/mol. The van der Waals surface area contributed by atoms with E-state index >= 15 is 0 Å². The molecule has 68 valence electrons. The Bertz CT molecular complexity index is 243. The van der Waals surface area contributed by atoms with Crippen LogP contribution < -0.4 is 0 Å². The molecule has 0 bridgehead atoms. The quantitative estimate of drug-likeness (QED) is 0.738. The minimum Gasteiger partial charge on any atom is -0.393 e. The van der Waals surface area contributed by atoms with Crippen molar-refractivity contribution in [3.05, 3.63) is 11.7 Å². The second-order valence-electron chi connectivity index (χ2n) is 3.25. The normalized spacial score (nSPS) is 13.8. The lowest BCUT2D eigenvalue weighted by molar-refractivity contribution is 0.181. The lowest BCUT2D eigenvalue weighted by atomic mass is 10.2. The predicted molar refractivity (Wildman–Crippen MR) is 43.8 cm³/mol. The minimum absolute atomic E-state index is 0.275. The van der Waals surface area contributed by atoms with Crippen molar-refractivity contribution in [1.29, 1.82) is 0 Å². The van der Waals surface area contributed by atoms with Crippen molar-refractivity contribution in [1.82, 2.24) is 10.1 Å². The average Bonchev–Trinajstić information content (AvgIpc) is 2.34. The molecule has 1 unspecified atom stereocenters. The molecule has 0 aliphatic heterocycles. The molecule has 0 aliphatic rings. The number of aliphatic hydroxyl groups is 1. The lowest BCUT2D eigenvalue weighted by Gasteiger charge is -1.96. The molecule has 1 rings (SSSR count). The van der Waals surface area contributed by atoms with Gasteiger partial charge in [0.2, 0.25) is 5.89 Å². The molecule has 4 nitrogen and oxygen atoms in total. The first-order valence-electron chi connectivity index (χ1n) is 4.10. The Morgan fingerprint density at radius 1 is 1.42 bits per heavy atom. The second-order valence-corrected chi connectivity index (χ2v) is 3.25. The molecule has 0 fully saturated rings. The highest BCUT2D eigenvalue weighted by molar-refractivity contribution is 4.92. The van der Waals surface area contributed by atoms with Gasteiger partial charge in [0.15, 0.2) is 5.82 Å². The highest BCUT2D eigenvalue weighted by Gasteiger charge is 2.10. The smallest absolute Gasteiger partial charge is 0.229 e. The predicted octanol–water partition coefficient (Wildman–Crippen LogP) is 1.12. The van der Waals surface area contributed by atoms with Crippen LogP contribution in [0.4, 0.5) is 0 Å². The van der Waals surface area contributed by atoms with Crippen LogP contribution in [0.3, 0.4) is 0 Å². The van der Waals surface area contributed by atoms with Crippen molar-refractivity contribution >= 4 is 0 Å². The number of hydrogen-bond donors (Lipinski definition) is 1. The molecule has 1 aromatic rings. The van der Waals surface area contributed by atoms with E-state index in [1.807, 2.05) is 13.8 Å².